The van der Waals surface area contributed by atoms with E-state index in [1.165, 1.54) is 6.26 Å². The van der Waals surface area contributed by atoms with Crippen molar-refractivity contribution in [1.82, 2.24) is 0 Å². The van der Waals surface area contributed by atoms with Crippen LogP contribution in [-0.4, -0.2) is 21.5 Å². The van der Waals surface area contributed by atoms with E-state index in [-0.39, 0.29) is 18.1 Å². The van der Waals surface area contributed by atoms with Crippen LogP contribution in [0.2, 0.25) is 0 Å². The Bertz CT molecular complexity index is 414. The van der Waals surface area contributed by atoms with Crippen LogP contribution in [0.5, 0.6) is 0 Å². The van der Waals surface area contributed by atoms with E-state index in [9.17, 15) is 9.00 Å². The average molecular weight is 258 g/mol. The maximum Gasteiger partial charge on any atom is 0.307 e. The van der Waals surface area contributed by atoms with Gasteiger partial charge in [0, 0.05) is 5.75 Å². The molecule has 0 saturated carbocycles. The van der Waals surface area contributed by atoms with Crippen LogP contribution in [0.4, 0.5) is 0 Å². The Morgan fingerprint density at radius 1 is 1.47 bits per heavy atom. The SMILES string of the molecule is Cc1occc1S(=O)CCC(=O)OC(C)(C)C. The molecule has 0 saturated heterocycles. The standard InChI is InChI=1S/C12H18O4S/c1-9-10(5-7-15-9)17(14)8-6-11(13)16-12(2,3)4/h5,7H,6,8H2,1-4H3. The summed E-state index contributed by atoms with van der Waals surface area (Å²) in [5.41, 5.74) is -0.496. The third-order valence-electron chi connectivity index (χ3n) is 1.97. The Labute approximate surface area is 104 Å². The quantitative estimate of drug-likeness (QED) is 0.778. The van der Waals surface area contributed by atoms with Crippen molar-refractivity contribution in [3.05, 3.63) is 18.1 Å². The minimum absolute atomic E-state index is 0.147. The summed E-state index contributed by atoms with van der Waals surface area (Å²) in [4.78, 5) is 12.1. The summed E-state index contributed by atoms with van der Waals surface area (Å²) < 4.78 is 22.0. The van der Waals surface area contributed by atoms with Gasteiger partial charge in [0.1, 0.15) is 11.4 Å². The number of carbonyl (C=O) groups is 1. The van der Waals surface area contributed by atoms with E-state index in [0.29, 0.717) is 10.7 Å². The minimum Gasteiger partial charge on any atom is -0.468 e. The van der Waals surface area contributed by atoms with Crippen molar-refractivity contribution in [3.63, 3.8) is 0 Å². The zero-order chi connectivity index (χ0) is 13.1. The van der Waals surface area contributed by atoms with Crippen molar-refractivity contribution in [2.24, 2.45) is 0 Å². The van der Waals surface area contributed by atoms with E-state index in [0.717, 1.165) is 0 Å². The molecular formula is C12H18O4S. The maximum absolute atomic E-state index is 11.8. The van der Waals surface area contributed by atoms with E-state index in [1.807, 2.05) is 20.8 Å². The van der Waals surface area contributed by atoms with Gasteiger partial charge in [0.2, 0.25) is 0 Å². The Kier molecular flexibility index (Phi) is 4.51. The fourth-order valence-corrected chi connectivity index (χ4v) is 2.44. The molecular weight excluding hydrogens is 240 g/mol. The predicted molar refractivity (Wildman–Crippen MR) is 65.2 cm³/mol. The largest absolute Gasteiger partial charge is 0.468 e. The van der Waals surface area contributed by atoms with Gasteiger partial charge in [-0.25, -0.2) is 0 Å². The minimum atomic E-state index is -1.21. The molecule has 1 unspecified atom stereocenters. The van der Waals surface area contributed by atoms with Crippen LogP contribution in [0.1, 0.15) is 33.0 Å². The number of rotatable bonds is 4. The number of carbonyl (C=O) groups excluding carboxylic acids is 1. The van der Waals surface area contributed by atoms with Gasteiger partial charge >= 0.3 is 5.97 Å². The Morgan fingerprint density at radius 2 is 2.12 bits per heavy atom. The fraction of sp³-hybridized carbons (Fsp3) is 0.583. The van der Waals surface area contributed by atoms with Crippen molar-refractivity contribution in [1.29, 1.82) is 0 Å². The second-order valence-corrected chi connectivity index (χ2v) is 6.27. The van der Waals surface area contributed by atoms with Gasteiger partial charge in [-0.15, -0.1) is 0 Å². The summed E-state index contributed by atoms with van der Waals surface area (Å²) >= 11 is 0. The number of aryl methyl sites for hydroxylation is 1. The molecule has 1 rings (SSSR count). The van der Waals surface area contributed by atoms with E-state index in [4.69, 9.17) is 9.15 Å². The third-order valence-corrected chi connectivity index (χ3v) is 3.46. The summed E-state index contributed by atoms with van der Waals surface area (Å²) in [5, 5.41) is 0. The molecule has 17 heavy (non-hydrogen) atoms. The van der Waals surface area contributed by atoms with Gasteiger partial charge in [-0.2, -0.15) is 0 Å². The number of hydrogen-bond acceptors (Lipinski definition) is 4. The van der Waals surface area contributed by atoms with Gasteiger partial charge in [-0.3, -0.25) is 9.00 Å². The molecule has 0 bridgehead atoms. The van der Waals surface area contributed by atoms with Crippen LogP contribution < -0.4 is 0 Å². The van der Waals surface area contributed by atoms with Crippen LogP contribution in [-0.2, 0) is 20.3 Å². The van der Waals surface area contributed by atoms with Crippen molar-refractivity contribution in [3.8, 4) is 0 Å². The molecule has 0 aliphatic heterocycles. The average Bonchev–Trinajstić information content (AvgIpc) is 2.58. The fourth-order valence-electron chi connectivity index (χ4n) is 1.29. The Hall–Kier alpha value is -1.10. The van der Waals surface area contributed by atoms with E-state index in [2.05, 4.69) is 0 Å². The highest BCUT2D eigenvalue weighted by Gasteiger charge is 2.18. The normalized spacial score (nSPS) is 13.4. The Morgan fingerprint density at radius 3 is 2.59 bits per heavy atom. The van der Waals surface area contributed by atoms with Crippen molar-refractivity contribution < 1.29 is 18.2 Å². The first-order valence-corrected chi connectivity index (χ1v) is 6.76. The molecule has 0 N–H and O–H groups in total. The number of furan rings is 1. The van der Waals surface area contributed by atoms with Crippen molar-refractivity contribution in [2.45, 2.75) is 44.6 Å². The first kappa shape index (κ1) is 14.0. The first-order valence-electron chi connectivity index (χ1n) is 5.44. The van der Waals surface area contributed by atoms with Crippen LogP contribution in [0, 0.1) is 6.92 Å². The monoisotopic (exact) mass is 258 g/mol. The highest BCUT2D eigenvalue weighted by atomic mass is 32.2. The smallest absolute Gasteiger partial charge is 0.307 e. The lowest BCUT2D eigenvalue weighted by molar-refractivity contribution is -0.154. The van der Waals surface area contributed by atoms with Gasteiger partial charge in [-0.1, -0.05) is 0 Å². The molecule has 96 valence electrons. The lowest BCUT2D eigenvalue weighted by Gasteiger charge is -2.19. The molecule has 0 radical (unpaired) electrons. The molecule has 0 fully saturated rings. The first-order chi connectivity index (χ1) is 7.79. The van der Waals surface area contributed by atoms with E-state index < -0.39 is 16.4 Å². The molecule has 1 atom stereocenters. The molecule has 4 nitrogen and oxygen atoms in total. The molecule has 1 aromatic rings. The second kappa shape index (κ2) is 5.49. The second-order valence-electron chi connectivity index (χ2n) is 4.73. The molecule has 1 heterocycles. The maximum atomic E-state index is 11.8. The highest BCUT2D eigenvalue weighted by molar-refractivity contribution is 7.85. The van der Waals surface area contributed by atoms with Crippen LogP contribution in [0.3, 0.4) is 0 Å². The molecule has 0 aliphatic rings. The van der Waals surface area contributed by atoms with Crippen LogP contribution in [0.25, 0.3) is 0 Å². The molecule has 1 aromatic heterocycles. The van der Waals surface area contributed by atoms with E-state index in [1.54, 1.807) is 13.0 Å². The topological polar surface area (TPSA) is 56.5 Å². The summed E-state index contributed by atoms with van der Waals surface area (Å²) in [6, 6.07) is 1.67. The third kappa shape index (κ3) is 4.73. The summed E-state index contributed by atoms with van der Waals surface area (Å²) in [5.74, 6) is 0.564. The molecule has 0 aliphatic carbocycles. The van der Waals surface area contributed by atoms with Gasteiger partial charge in [0.05, 0.1) is 28.4 Å². The highest BCUT2D eigenvalue weighted by Crippen LogP contribution is 2.15. The summed E-state index contributed by atoms with van der Waals surface area (Å²) in [6.07, 6.45) is 1.64. The van der Waals surface area contributed by atoms with Crippen molar-refractivity contribution >= 4 is 16.8 Å². The zero-order valence-electron chi connectivity index (χ0n) is 10.6. The summed E-state index contributed by atoms with van der Waals surface area (Å²) in [7, 11) is -1.21. The molecule has 0 amide bonds. The zero-order valence-corrected chi connectivity index (χ0v) is 11.4. The predicted octanol–water partition coefficient (Wildman–Crippen LogP) is 2.43. The number of hydrogen-bond donors (Lipinski definition) is 0. The lowest BCUT2D eigenvalue weighted by Crippen LogP contribution is -2.24. The molecule has 5 heteroatoms. The van der Waals surface area contributed by atoms with E-state index >= 15 is 0 Å². The Balaban J connectivity index is 2.45. The summed E-state index contributed by atoms with van der Waals surface area (Å²) in [6.45, 7) is 7.17. The van der Waals surface area contributed by atoms with Crippen LogP contribution >= 0.6 is 0 Å². The lowest BCUT2D eigenvalue weighted by atomic mass is 10.2. The van der Waals surface area contributed by atoms with Gasteiger partial charge in [0.25, 0.3) is 0 Å². The van der Waals surface area contributed by atoms with Gasteiger partial charge < -0.3 is 9.15 Å². The van der Waals surface area contributed by atoms with Gasteiger partial charge in [0.15, 0.2) is 0 Å². The molecule has 0 spiro atoms. The molecule has 0 aromatic carbocycles. The number of ether oxygens (including phenoxy) is 1. The van der Waals surface area contributed by atoms with Crippen LogP contribution in [0.15, 0.2) is 21.6 Å². The van der Waals surface area contributed by atoms with Crippen molar-refractivity contribution in [2.75, 3.05) is 5.75 Å². The number of esters is 1. The van der Waals surface area contributed by atoms with Gasteiger partial charge in [-0.05, 0) is 33.8 Å².